The summed E-state index contributed by atoms with van der Waals surface area (Å²) < 4.78 is 4.82. The number of ether oxygens (including phenoxy) is 1. The van der Waals surface area contributed by atoms with Gasteiger partial charge >= 0.3 is 5.97 Å². The fourth-order valence-corrected chi connectivity index (χ4v) is 1.62. The van der Waals surface area contributed by atoms with E-state index in [0.29, 0.717) is 6.54 Å². The quantitative estimate of drug-likeness (QED) is 0.357. The van der Waals surface area contributed by atoms with Gasteiger partial charge in [-0.05, 0) is 13.0 Å². The minimum Gasteiger partial charge on any atom is -0.452 e. The smallest absolute Gasteiger partial charge is 0.341 e. The van der Waals surface area contributed by atoms with Crippen LogP contribution in [0.2, 0.25) is 0 Å². The number of non-ortho nitro benzene ring substituents is 1. The topological polar surface area (TPSA) is 131 Å². The molecule has 0 bridgehead atoms. The largest absolute Gasteiger partial charge is 0.452 e. The maximum atomic E-state index is 12.0. The molecule has 1 amide bonds. The molecule has 1 aromatic rings. The van der Waals surface area contributed by atoms with Crippen LogP contribution in [0.5, 0.6) is 0 Å². The molecule has 0 fully saturated rings. The average Bonchev–Trinajstić information content (AvgIpc) is 2.50. The Balaban J connectivity index is 2.91. The van der Waals surface area contributed by atoms with Crippen LogP contribution in [-0.2, 0) is 9.53 Å². The summed E-state index contributed by atoms with van der Waals surface area (Å²) >= 11 is 0. The fourth-order valence-electron chi connectivity index (χ4n) is 1.62. The number of carbonyl (C=O) groups excluding carboxylic acids is 2. The number of aliphatic hydroxyl groups is 1. The number of hydrogen-bond acceptors (Lipinski definition) is 7. The van der Waals surface area contributed by atoms with Crippen molar-refractivity contribution in [3.05, 3.63) is 33.9 Å². The van der Waals surface area contributed by atoms with Crippen molar-refractivity contribution in [2.45, 2.75) is 6.92 Å². The molecule has 9 nitrogen and oxygen atoms in total. The van der Waals surface area contributed by atoms with Crippen molar-refractivity contribution in [3.63, 3.8) is 0 Å². The van der Waals surface area contributed by atoms with Gasteiger partial charge in [-0.1, -0.05) is 0 Å². The molecule has 0 radical (unpaired) electrons. The third kappa shape index (κ3) is 5.02. The lowest BCUT2D eigenvalue weighted by Gasteiger charge is -2.11. The third-order valence-corrected chi connectivity index (χ3v) is 2.57. The molecule has 0 saturated heterocycles. The molecule has 1 aromatic carbocycles. The zero-order valence-electron chi connectivity index (χ0n) is 12.0. The number of nitro groups is 1. The highest BCUT2D eigenvalue weighted by molar-refractivity contribution is 5.97. The fraction of sp³-hybridized carbons (Fsp3) is 0.385. The van der Waals surface area contributed by atoms with Crippen LogP contribution >= 0.6 is 0 Å². The summed E-state index contributed by atoms with van der Waals surface area (Å²) in [7, 11) is 0. The Morgan fingerprint density at radius 3 is 2.73 bits per heavy atom. The monoisotopic (exact) mass is 311 g/mol. The van der Waals surface area contributed by atoms with Gasteiger partial charge in [0.2, 0.25) is 0 Å². The van der Waals surface area contributed by atoms with Crippen molar-refractivity contribution in [2.24, 2.45) is 0 Å². The lowest BCUT2D eigenvalue weighted by molar-refractivity contribution is -0.384. The number of esters is 1. The Morgan fingerprint density at radius 1 is 1.41 bits per heavy atom. The van der Waals surface area contributed by atoms with Gasteiger partial charge < -0.3 is 20.5 Å². The van der Waals surface area contributed by atoms with Crippen molar-refractivity contribution in [2.75, 3.05) is 31.6 Å². The number of anilines is 1. The van der Waals surface area contributed by atoms with Crippen molar-refractivity contribution in [1.29, 1.82) is 0 Å². The van der Waals surface area contributed by atoms with E-state index < -0.39 is 23.4 Å². The second-order valence-corrected chi connectivity index (χ2v) is 4.17. The van der Waals surface area contributed by atoms with Crippen LogP contribution in [0.3, 0.4) is 0 Å². The highest BCUT2D eigenvalue weighted by Crippen LogP contribution is 2.22. The highest BCUT2D eigenvalue weighted by Gasteiger charge is 2.18. The maximum absolute atomic E-state index is 12.0. The Kier molecular flexibility index (Phi) is 6.77. The van der Waals surface area contributed by atoms with Crippen LogP contribution in [0.4, 0.5) is 11.4 Å². The van der Waals surface area contributed by atoms with Gasteiger partial charge in [0, 0.05) is 30.9 Å². The maximum Gasteiger partial charge on any atom is 0.341 e. The number of rotatable bonds is 8. The van der Waals surface area contributed by atoms with E-state index in [-0.39, 0.29) is 30.1 Å². The van der Waals surface area contributed by atoms with E-state index in [1.165, 1.54) is 12.1 Å². The molecule has 22 heavy (non-hydrogen) atoms. The first-order valence-electron chi connectivity index (χ1n) is 6.56. The SMILES string of the molecule is CCNC(=O)COC(=O)c1cc([N+](=O)[O-])ccc1NCCO. The molecule has 1 rings (SSSR count). The lowest BCUT2D eigenvalue weighted by Crippen LogP contribution is -2.28. The highest BCUT2D eigenvalue weighted by atomic mass is 16.6. The summed E-state index contributed by atoms with van der Waals surface area (Å²) in [6.45, 7) is 1.63. The Labute approximate surface area is 126 Å². The number of carbonyl (C=O) groups is 2. The van der Waals surface area contributed by atoms with Gasteiger partial charge in [-0.15, -0.1) is 0 Å². The van der Waals surface area contributed by atoms with E-state index in [0.717, 1.165) is 6.07 Å². The molecule has 0 spiro atoms. The first-order valence-corrected chi connectivity index (χ1v) is 6.56. The zero-order valence-corrected chi connectivity index (χ0v) is 12.0. The van der Waals surface area contributed by atoms with Crippen LogP contribution in [0.1, 0.15) is 17.3 Å². The molecular weight excluding hydrogens is 294 g/mol. The first-order chi connectivity index (χ1) is 10.5. The molecule has 3 N–H and O–H groups in total. The summed E-state index contributed by atoms with van der Waals surface area (Å²) in [5, 5.41) is 24.8. The molecule has 0 aliphatic carbocycles. The Morgan fingerprint density at radius 2 is 2.14 bits per heavy atom. The molecule has 120 valence electrons. The molecule has 0 atom stereocenters. The summed E-state index contributed by atoms with van der Waals surface area (Å²) in [5.74, 6) is -1.33. The van der Waals surface area contributed by atoms with Crippen LogP contribution < -0.4 is 10.6 Å². The number of nitrogens with zero attached hydrogens (tertiary/aromatic N) is 1. The summed E-state index contributed by atoms with van der Waals surface area (Å²) in [5.41, 5.74) is -0.0768. The van der Waals surface area contributed by atoms with Gasteiger partial charge in [0.1, 0.15) is 0 Å². The molecule has 0 saturated carbocycles. The van der Waals surface area contributed by atoms with E-state index in [1.807, 2.05) is 0 Å². The van der Waals surface area contributed by atoms with Crippen LogP contribution in [0.25, 0.3) is 0 Å². The number of likely N-dealkylation sites (N-methyl/N-ethyl adjacent to an activating group) is 1. The van der Waals surface area contributed by atoms with Gasteiger partial charge in [0.25, 0.3) is 11.6 Å². The Bertz CT molecular complexity index is 561. The molecule has 9 heteroatoms. The summed E-state index contributed by atoms with van der Waals surface area (Å²) in [6.07, 6.45) is 0. The number of nitro benzene ring substituents is 1. The molecule has 0 aliphatic heterocycles. The van der Waals surface area contributed by atoms with E-state index in [4.69, 9.17) is 9.84 Å². The number of hydrogen-bond donors (Lipinski definition) is 3. The standard InChI is InChI=1S/C13H17N3O6/c1-2-14-12(18)8-22-13(19)10-7-9(16(20)21)3-4-11(10)15-5-6-17/h3-4,7,15,17H,2,5-6,8H2,1H3,(H,14,18). The second kappa shape index (κ2) is 8.57. The third-order valence-electron chi connectivity index (χ3n) is 2.57. The van der Waals surface area contributed by atoms with E-state index >= 15 is 0 Å². The van der Waals surface area contributed by atoms with Crippen molar-refractivity contribution < 1.29 is 24.4 Å². The van der Waals surface area contributed by atoms with E-state index in [2.05, 4.69) is 10.6 Å². The number of aliphatic hydroxyl groups excluding tert-OH is 1. The number of benzene rings is 1. The minimum absolute atomic E-state index is 0.0769. The van der Waals surface area contributed by atoms with Gasteiger partial charge in [-0.3, -0.25) is 14.9 Å². The zero-order chi connectivity index (χ0) is 16.5. The van der Waals surface area contributed by atoms with Crippen molar-refractivity contribution >= 4 is 23.3 Å². The normalized spacial score (nSPS) is 9.91. The van der Waals surface area contributed by atoms with Crippen LogP contribution in [0, 0.1) is 10.1 Å². The van der Waals surface area contributed by atoms with Crippen LogP contribution in [-0.4, -0.2) is 48.2 Å². The van der Waals surface area contributed by atoms with Gasteiger partial charge in [-0.25, -0.2) is 4.79 Å². The minimum atomic E-state index is -0.865. The molecule has 0 aromatic heterocycles. The first kappa shape index (κ1) is 17.4. The van der Waals surface area contributed by atoms with Crippen molar-refractivity contribution in [1.82, 2.24) is 5.32 Å². The average molecular weight is 311 g/mol. The predicted octanol–water partition coefficient (Wildman–Crippen LogP) is 0.292. The number of amides is 1. The van der Waals surface area contributed by atoms with Gasteiger partial charge in [0.05, 0.1) is 17.1 Å². The summed E-state index contributed by atoms with van der Waals surface area (Å²) in [6, 6.07) is 3.62. The molecule has 0 heterocycles. The predicted molar refractivity (Wildman–Crippen MR) is 77.6 cm³/mol. The van der Waals surface area contributed by atoms with Gasteiger partial charge in [-0.2, -0.15) is 0 Å². The molecular formula is C13H17N3O6. The Hall–Kier alpha value is -2.68. The van der Waals surface area contributed by atoms with Gasteiger partial charge in [0.15, 0.2) is 6.61 Å². The van der Waals surface area contributed by atoms with E-state index in [1.54, 1.807) is 6.92 Å². The van der Waals surface area contributed by atoms with Crippen LogP contribution in [0.15, 0.2) is 18.2 Å². The second-order valence-electron chi connectivity index (χ2n) is 4.17. The molecule has 0 aliphatic rings. The van der Waals surface area contributed by atoms with E-state index in [9.17, 15) is 19.7 Å². The van der Waals surface area contributed by atoms with Crippen molar-refractivity contribution in [3.8, 4) is 0 Å². The lowest BCUT2D eigenvalue weighted by atomic mass is 10.1. The summed E-state index contributed by atoms with van der Waals surface area (Å²) in [4.78, 5) is 33.4. The number of nitrogens with one attached hydrogen (secondary N) is 2. The molecule has 0 unspecified atom stereocenters.